The number of aromatic nitrogens is 7. The maximum atomic E-state index is 13.0. The van der Waals surface area contributed by atoms with Gasteiger partial charge in [0, 0.05) is 79.1 Å². The highest BCUT2D eigenvalue weighted by Crippen LogP contribution is 2.17. The number of hydrogen-bond donors (Lipinski definition) is 1. The van der Waals surface area contributed by atoms with Gasteiger partial charge in [-0.3, -0.25) is 19.2 Å². The van der Waals surface area contributed by atoms with E-state index in [-0.39, 0.29) is 73.8 Å². The zero-order valence-electron chi connectivity index (χ0n) is 35.2. The Bertz CT molecular complexity index is 2330. The predicted octanol–water partition coefficient (Wildman–Crippen LogP) is 4.37. The van der Waals surface area contributed by atoms with Crippen LogP contribution in [0, 0.1) is 0 Å². The molecule has 0 aromatic carbocycles. The molecule has 5 rings (SSSR count). The average Bonchev–Trinajstić information content (AvgIpc) is 3.92. The van der Waals surface area contributed by atoms with Crippen molar-refractivity contribution < 1.29 is 43.0 Å². The Balaban J connectivity index is 0.000000359. The second-order valence-corrected chi connectivity index (χ2v) is 14.8. The largest absolute Gasteiger partial charge is 0.461 e. The number of imidazole rings is 2. The van der Waals surface area contributed by atoms with E-state index in [1.807, 2.05) is 0 Å². The smallest absolute Gasteiger partial charge is 0.354 e. The van der Waals surface area contributed by atoms with Gasteiger partial charge >= 0.3 is 17.9 Å². The van der Waals surface area contributed by atoms with E-state index in [0.717, 1.165) is 5.56 Å². The minimum absolute atomic E-state index is 0. The Morgan fingerprint density at radius 1 is 0.576 bits per heavy atom. The van der Waals surface area contributed by atoms with Crippen LogP contribution in [0.15, 0.2) is 49.2 Å². The number of nitrogen functional groups attached to an aromatic ring is 1. The molecule has 0 saturated carbocycles. The van der Waals surface area contributed by atoms with Gasteiger partial charge in [0.05, 0.1) is 37.4 Å². The molecule has 0 aliphatic heterocycles. The van der Waals surface area contributed by atoms with E-state index in [9.17, 15) is 28.8 Å². The second-order valence-electron chi connectivity index (χ2n) is 14.8. The number of carbonyl (C=O) groups excluding carboxylic acids is 6. The third-order valence-corrected chi connectivity index (χ3v) is 8.60. The fraction of sp³-hybridized carbons (Fsp3) is 0.415. The number of anilines is 1. The quantitative estimate of drug-likeness (QED) is 0.0887. The summed E-state index contributed by atoms with van der Waals surface area (Å²) < 4.78 is 23.5. The normalized spacial score (nSPS) is 10.9. The van der Waals surface area contributed by atoms with E-state index in [1.54, 1.807) is 142 Å². The zero-order chi connectivity index (χ0) is 43.1. The van der Waals surface area contributed by atoms with E-state index in [1.165, 1.54) is 0 Å². The number of hydrogen-bond acceptors (Lipinski definition) is 12. The van der Waals surface area contributed by atoms with E-state index in [0.29, 0.717) is 52.2 Å². The molecule has 2 N–H and O–H groups in total. The molecular formula is C41H53ClN8O9. The first-order valence-corrected chi connectivity index (χ1v) is 18.6. The number of ketones is 3. The zero-order valence-corrected chi connectivity index (χ0v) is 36.0. The summed E-state index contributed by atoms with van der Waals surface area (Å²) in [6, 6.07) is 4.97. The van der Waals surface area contributed by atoms with Gasteiger partial charge in [-0.15, -0.1) is 12.4 Å². The number of carbonyl (C=O) groups is 6. The van der Waals surface area contributed by atoms with Crippen molar-refractivity contribution in [3.05, 3.63) is 100 Å². The molecule has 0 spiro atoms. The number of aryl methyl sites for hydroxylation is 5. The fourth-order valence-corrected chi connectivity index (χ4v) is 6.23. The summed E-state index contributed by atoms with van der Waals surface area (Å²) in [5.74, 6) is -0.959. The number of halogens is 1. The van der Waals surface area contributed by atoms with Crippen molar-refractivity contribution in [2.75, 3.05) is 18.9 Å². The van der Waals surface area contributed by atoms with Crippen LogP contribution in [0.5, 0.6) is 0 Å². The van der Waals surface area contributed by atoms with Crippen LogP contribution in [0.25, 0.3) is 0 Å². The van der Waals surface area contributed by atoms with Crippen LogP contribution in [0.3, 0.4) is 0 Å². The highest BCUT2D eigenvalue weighted by Gasteiger charge is 2.23. The SMILES string of the molecule is CCOC(=O)c1cc(CC(=O)c2nc(CC(=O)c3cc(CC(=O)OC(C)(C)C)cn3C)cn2C)cn1C.CCOC(=O)c1cc(CC(=O)c2nc(N)cn2C)cn1C.Cl. The van der Waals surface area contributed by atoms with Crippen LogP contribution in [0.1, 0.15) is 110 Å². The Hall–Kier alpha value is -6.23. The van der Waals surface area contributed by atoms with Crippen LogP contribution in [-0.2, 0) is 79.9 Å². The van der Waals surface area contributed by atoms with Gasteiger partial charge in [-0.2, -0.15) is 0 Å². The molecule has 18 heteroatoms. The molecule has 0 aliphatic rings. The van der Waals surface area contributed by atoms with Crippen molar-refractivity contribution in [2.24, 2.45) is 35.2 Å². The lowest BCUT2D eigenvalue weighted by molar-refractivity contribution is -0.153. The second kappa shape index (κ2) is 20.0. The van der Waals surface area contributed by atoms with Crippen LogP contribution in [-0.4, -0.2) is 86.9 Å². The first kappa shape index (κ1) is 47.1. The molecule has 0 bridgehead atoms. The fourth-order valence-electron chi connectivity index (χ4n) is 6.23. The summed E-state index contributed by atoms with van der Waals surface area (Å²) in [6.07, 6.45) is 8.69. The van der Waals surface area contributed by atoms with Crippen molar-refractivity contribution in [1.82, 2.24) is 32.8 Å². The summed E-state index contributed by atoms with van der Waals surface area (Å²) in [4.78, 5) is 82.4. The van der Waals surface area contributed by atoms with E-state index >= 15 is 0 Å². The van der Waals surface area contributed by atoms with E-state index in [4.69, 9.17) is 19.9 Å². The lowest BCUT2D eigenvalue weighted by atomic mass is 10.1. The molecular weight excluding hydrogens is 784 g/mol. The molecule has 0 unspecified atom stereocenters. The molecule has 5 aromatic rings. The van der Waals surface area contributed by atoms with Crippen molar-refractivity contribution >= 4 is 53.5 Å². The molecule has 0 aliphatic carbocycles. The average molecular weight is 837 g/mol. The minimum atomic E-state index is -0.581. The first-order chi connectivity index (χ1) is 27.2. The molecule has 0 saturated heterocycles. The monoisotopic (exact) mass is 836 g/mol. The third kappa shape index (κ3) is 12.6. The van der Waals surface area contributed by atoms with Gasteiger partial charge < -0.3 is 42.8 Å². The van der Waals surface area contributed by atoms with Gasteiger partial charge in [0.25, 0.3) is 0 Å². The van der Waals surface area contributed by atoms with Gasteiger partial charge in [-0.05, 0) is 69.5 Å². The Labute approximate surface area is 348 Å². The van der Waals surface area contributed by atoms with Crippen molar-refractivity contribution in [3.63, 3.8) is 0 Å². The van der Waals surface area contributed by atoms with Crippen molar-refractivity contribution in [2.45, 2.75) is 65.9 Å². The van der Waals surface area contributed by atoms with Crippen LogP contribution in [0.4, 0.5) is 5.82 Å². The van der Waals surface area contributed by atoms with E-state index < -0.39 is 17.5 Å². The molecule has 0 radical (unpaired) electrons. The topological polar surface area (TPSA) is 207 Å². The van der Waals surface area contributed by atoms with Gasteiger partial charge in [-0.1, -0.05) is 0 Å². The van der Waals surface area contributed by atoms with Gasteiger partial charge in [0.2, 0.25) is 11.6 Å². The van der Waals surface area contributed by atoms with Gasteiger partial charge in [-0.25, -0.2) is 19.6 Å². The number of rotatable bonds is 15. The maximum absolute atomic E-state index is 13.0. The number of nitrogens with two attached hydrogens (primary N) is 1. The number of esters is 3. The lowest BCUT2D eigenvalue weighted by Crippen LogP contribution is -2.24. The summed E-state index contributed by atoms with van der Waals surface area (Å²) in [7, 11) is 8.60. The summed E-state index contributed by atoms with van der Waals surface area (Å²) in [6.45, 7) is 9.46. The van der Waals surface area contributed by atoms with Gasteiger partial charge in [0.15, 0.2) is 17.4 Å². The molecule has 0 atom stereocenters. The Morgan fingerprint density at radius 2 is 1.00 bits per heavy atom. The molecule has 5 heterocycles. The molecule has 17 nitrogen and oxygen atoms in total. The first-order valence-electron chi connectivity index (χ1n) is 18.6. The molecule has 318 valence electrons. The number of ether oxygens (including phenoxy) is 3. The number of Topliss-reactive ketones (excluding diaryl/α,β-unsaturated/α-hetero) is 3. The van der Waals surface area contributed by atoms with Crippen molar-refractivity contribution in [1.29, 1.82) is 0 Å². The highest BCUT2D eigenvalue weighted by molar-refractivity contribution is 5.98. The molecule has 0 amide bonds. The molecule has 5 aromatic heterocycles. The lowest BCUT2D eigenvalue weighted by Gasteiger charge is -2.19. The standard InChI is InChI=1S/C27H34N4O6.C14H18N4O3.ClH/c1-8-36-26(35)21-10-17(14-30(21)6)11-23(33)25-28-19(16-31(25)7)13-22(32)20-9-18(15-29(20)5)12-24(34)37-27(2,3)4;1-4-21-14(20)10-5-9(7-17(10)2)6-11(19)13-16-12(15)8-18(13)3;/h9-10,14-16H,8,11-13H2,1-7H3;5,7-8H,4,6,15H2,1-3H3;1H. The van der Waals surface area contributed by atoms with Crippen LogP contribution >= 0.6 is 12.4 Å². The Kier molecular flexibility index (Phi) is 15.9. The molecule has 0 fully saturated rings. The highest BCUT2D eigenvalue weighted by atomic mass is 35.5. The maximum Gasteiger partial charge on any atom is 0.354 e. The predicted molar refractivity (Wildman–Crippen MR) is 220 cm³/mol. The van der Waals surface area contributed by atoms with Crippen LogP contribution < -0.4 is 5.73 Å². The third-order valence-electron chi connectivity index (χ3n) is 8.60. The summed E-state index contributed by atoms with van der Waals surface area (Å²) in [5, 5.41) is 0. The molecule has 59 heavy (non-hydrogen) atoms. The van der Waals surface area contributed by atoms with Gasteiger partial charge in [0.1, 0.15) is 22.8 Å². The number of nitrogens with zero attached hydrogens (tertiary/aromatic N) is 7. The summed E-state index contributed by atoms with van der Waals surface area (Å²) >= 11 is 0. The van der Waals surface area contributed by atoms with Crippen molar-refractivity contribution in [3.8, 4) is 0 Å². The summed E-state index contributed by atoms with van der Waals surface area (Å²) in [5.41, 5.74) is 8.74. The Morgan fingerprint density at radius 3 is 1.44 bits per heavy atom. The van der Waals surface area contributed by atoms with E-state index in [2.05, 4.69) is 9.97 Å². The minimum Gasteiger partial charge on any atom is -0.461 e. The van der Waals surface area contributed by atoms with Crippen LogP contribution in [0.2, 0.25) is 0 Å².